The van der Waals surface area contributed by atoms with Crippen LogP contribution >= 0.6 is 11.3 Å². The molecule has 0 fully saturated rings. The minimum absolute atomic E-state index is 0.0120. The number of carbonyl (C=O) groups excluding carboxylic acids is 1. The number of nitrogens with two attached hydrogens (primary N) is 1. The molecule has 2 rings (SSSR count). The van der Waals surface area contributed by atoms with Gasteiger partial charge in [0.05, 0.1) is 13.2 Å². The Kier molecular flexibility index (Phi) is 5.36. The molecule has 1 aromatic carbocycles. The van der Waals surface area contributed by atoms with Crippen molar-refractivity contribution in [3.05, 3.63) is 51.7 Å². The molecule has 1 aromatic heterocycles. The number of ether oxygens (including phenoxy) is 1. The number of nitrogens with zero attached hydrogens (tertiary/aromatic N) is 1. The molecule has 4 nitrogen and oxygen atoms in total. The molecule has 0 saturated carbocycles. The molecule has 0 aliphatic carbocycles. The lowest BCUT2D eigenvalue weighted by atomic mass is 10.1. The molecule has 2 N–H and O–H groups in total. The van der Waals surface area contributed by atoms with E-state index < -0.39 is 0 Å². The number of carbonyl (C=O) groups is 1. The van der Waals surface area contributed by atoms with Gasteiger partial charge in [0, 0.05) is 29.8 Å². The second-order valence-corrected chi connectivity index (χ2v) is 5.91. The predicted octanol–water partition coefficient (Wildman–Crippen LogP) is 2.93. The van der Waals surface area contributed by atoms with Crippen molar-refractivity contribution in [1.82, 2.24) is 4.90 Å². The van der Waals surface area contributed by atoms with Crippen LogP contribution in [0.4, 0.5) is 5.69 Å². The highest BCUT2D eigenvalue weighted by Gasteiger charge is 2.18. The van der Waals surface area contributed by atoms with Crippen LogP contribution in [0, 0.1) is 6.92 Å². The van der Waals surface area contributed by atoms with E-state index in [2.05, 4.69) is 0 Å². The van der Waals surface area contributed by atoms with E-state index in [0.717, 1.165) is 10.4 Å². The Morgan fingerprint density at radius 1 is 1.38 bits per heavy atom. The Hall–Kier alpha value is -1.85. The van der Waals surface area contributed by atoms with Crippen molar-refractivity contribution in [3.8, 4) is 0 Å². The van der Waals surface area contributed by atoms with Gasteiger partial charge in [0.2, 0.25) is 0 Å². The van der Waals surface area contributed by atoms with Crippen molar-refractivity contribution in [2.24, 2.45) is 0 Å². The van der Waals surface area contributed by atoms with Crippen LogP contribution in [0.2, 0.25) is 0 Å². The highest BCUT2D eigenvalue weighted by Crippen LogP contribution is 2.18. The van der Waals surface area contributed by atoms with E-state index >= 15 is 0 Å². The van der Waals surface area contributed by atoms with Crippen molar-refractivity contribution in [2.45, 2.75) is 13.5 Å². The molecule has 5 heteroatoms. The van der Waals surface area contributed by atoms with Crippen molar-refractivity contribution in [1.29, 1.82) is 0 Å². The molecule has 112 valence electrons. The Morgan fingerprint density at radius 2 is 2.19 bits per heavy atom. The Balaban J connectivity index is 2.20. The molecule has 21 heavy (non-hydrogen) atoms. The molecular formula is C16H20N2O2S. The summed E-state index contributed by atoms with van der Waals surface area (Å²) in [5.41, 5.74) is 8.01. The molecule has 0 aliphatic rings. The first-order valence-corrected chi connectivity index (χ1v) is 7.66. The third-order valence-electron chi connectivity index (χ3n) is 3.26. The Labute approximate surface area is 129 Å². The van der Waals surface area contributed by atoms with E-state index in [1.54, 1.807) is 30.6 Å². The summed E-state index contributed by atoms with van der Waals surface area (Å²) < 4.78 is 5.12. The molecule has 0 aliphatic heterocycles. The van der Waals surface area contributed by atoms with Crippen molar-refractivity contribution in [2.75, 3.05) is 26.0 Å². The first-order valence-electron chi connectivity index (χ1n) is 6.78. The number of nitrogen functional groups attached to an aromatic ring is 1. The maximum Gasteiger partial charge on any atom is 0.254 e. The van der Waals surface area contributed by atoms with Crippen molar-refractivity contribution >= 4 is 22.9 Å². The maximum atomic E-state index is 12.7. The van der Waals surface area contributed by atoms with Crippen LogP contribution < -0.4 is 5.73 Å². The number of benzene rings is 1. The van der Waals surface area contributed by atoms with E-state index in [4.69, 9.17) is 10.5 Å². The van der Waals surface area contributed by atoms with Gasteiger partial charge in [0.25, 0.3) is 5.91 Å². The van der Waals surface area contributed by atoms with Crippen LogP contribution in [0.3, 0.4) is 0 Å². The largest absolute Gasteiger partial charge is 0.399 e. The van der Waals surface area contributed by atoms with E-state index in [1.807, 2.05) is 35.4 Å². The van der Waals surface area contributed by atoms with Gasteiger partial charge in [-0.05, 0) is 42.1 Å². The Bertz CT molecular complexity index is 596. The van der Waals surface area contributed by atoms with Crippen molar-refractivity contribution < 1.29 is 9.53 Å². The maximum absolute atomic E-state index is 12.7. The predicted molar refractivity (Wildman–Crippen MR) is 86.5 cm³/mol. The number of rotatable bonds is 6. The summed E-state index contributed by atoms with van der Waals surface area (Å²) in [7, 11) is 1.64. The molecule has 0 atom stereocenters. The molecule has 0 spiro atoms. The molecule has 2 aromatic rings. The molecule has 0 unspecified atom stereocenters. The van der Waals surface area contributed by atoms with Gasteiger partial charge in [0.15, 0.2) is 0 Å². The molecule has 1 heterocycles. The standard InChI is InChI=1S/C16H20N2O2S/c1-12-10-13(17)5-6-15(12)16(19)18(7-8-20-2)11-14-4-3-9-21-14/h3-6,9-10H,7-8,11,17H2,1-2H3. The minimum atomic E-state index is 0.0120. The number of hydrogen-bond donors (Lipinski definition) is 1. The van der Waals surface area contributed by atoms with Gasteiger partial charge in [0.1, 0.15) is 0 Å². The van der Waals surface area contributed by atoms with Gasteiger partial charge in [-0.15, -0.1) is 11.3 Å². The zero-order chi connectivity index (χ0) is 15.2. The second kappa shape index (κ2) is 7.24. The topological polar surface area (TPSA) is 55.6 Å². The summed E-state index contributed by atoms with van der Waals surface area (Å²) in [5.74, 6) is 0.0120. The third kappa shape index (κ3) is 4.06. The molecule has 0 bridgehead atoms. The lowest BCUT2D eigenvalue weighted by Crippen LogP contribution is -2.33. The highest BCUT2D eigenvalue weighted by atomic mass is 32.1. The fourth-order valence-electron chi connectivity index (χ4n) is 2.14. The zero-order valence-corrected chi connectivity index (χ0v) is 13.2. The summed E-state index contributed by atoms with van der Waals surface area (Å²) >= 11 is 1.65. The lowest BCUT2D eigenvalue weighted by molar-refractivity contribution is 0.0682. The molecule has 0 radical (unpaired) electrons. The van der Waals surface area contributed by atoms with Gasteiger partial charge in [-0.25, -0.2) is 0 Å². The summed E-state index contributed by atoms with van der Waals surface area (Å²) in [4.78, 5) is 15.7. The van der Waals surface area contributed by atoms with Crippen LogP contribution in [-0.4, -0.2) is 31.1 Å². The Morgan fingerprint density at radius 3 is 2.81 bits per heavy atom. The van der Waals surface area contributed by atoms with Crippen LogP contribution in [0.15, 0.2) is 35.7 Å². The van der Waals surface area contributed by atoms with E-state index in [1.165, 1.54) is 0 Å². The first-order chi connectivity index (χ1) is 10.1. The fourth-order valence-corrected chi connectivity index (χ4v) is 2.86. The normalized spacial score (nSPS) is 10.6. The summed E-state index contributed by atoms with van der Waals surface area (Å²) in [5, 5.41) is 2.02. The fraction of sp³-hybridized carbons (Fsp3) is 0.312. The number of methoxy groups -OCH3 is 1. The average molecular weight is 304 g/mol. The number of aryl methyl sites for hydroxylation is 1. The van der Waals surface area contributed by atoms with E-state index in [9.17, 15) is 4.79 Å². The minimum Gasteiger partial charge on any atom is -0.399 e. The van der Waals surface area contributed by atoms with E-state index in [0.29, 0.717) is 30.9 Å². The zero-order valence-electron chi connectivity index (χ0n) is 12.3. The highest BCUT2D eigenvalue weighted by molar-refractivity contribution is 7.09. The van der Waals surface area contributed by atoms with Crippen molar-refractivity contribution in [3.63, 3.8) is 0 Å². The number of thiophene rings is 1. The first kappa shape index (κ1) is 15.5. The smallest absolute Gasteiger partial charge is 0.254 e. The van der Waals surface area contributed by atoms with Crippen LogP contribution in [0.25, 0.3) is 0 Å². The molecular weight excluding hydrogens is 284 g/mol. The van der Waals surface area contributed by atoms with Gasteiger partial charge < -0.3 is 15.4 Å². The van der Waals surface area contributed by atoms with Crippen LogP contribution in [0.5, 0.6) is 0 Å². The van der Waals surface area contributed by atoms with Crippen LogP contribution in [-0.2, 0) is 11.3 Å². The third-order valence-corrected chi connectivity index (χ3v) is 4.12. The quantitative estimate of drug-likeness (QED) is 0.835. The van der Waals surface area contributed by atoms with Gasteiger partial charge in [-0.1, -0.05) is 6.07 Å². The van der Waals surface area contributed by atoms with Crippen LogP contribution in [0.1, 0.15) is 20.8 Å². The lowest BCUT2D eigenvalue weighted by Gasteiger charge is -2.23. The average Bonchev–Trinajstić information content (AvgIpc) is 2.95. The number of anilines is 1. The number of amides is 1. The number of hydrogen-bond acceptors (Lipinski definition) is 4. The summed E-state index contributed by atoms with van der Waals surface area (Å²) in [6.07, 6.45) is 0. The van der Waals surface area contributed by atoms with Gasteiger partial charge in [-0.2, -0.15) is 0 Å². The second-order valence-electron chi connectivity index (χ2n) is 4.87. The summed E-state index contributed by atoms with van der Waals surface area (Å²) in [6, 6.07) is 9.41. The summed E-state index contributed by atoms with van der Waals surface area (Å²) in [6.45, 7) is 3.59. The molecule has 1 amide bonds. The molecule has 0 saturated heterocycles. The monoisotopic (exact) mass is 304 g/mol. The van der Waals surface area contributed by atoms with Gasteiger partial charge >= 0.3 is 0 Å². The van der Waals surface area contributed by atoms with E-state index in [-0.39, 0.29) is 5.91 Å². The van der Waals surface area contributed by atoms with Gasteiger partial charge in [-0.3, -0.25) is 4.79 Å². The SMILES string of the molecule is COCCN(Cc1cccs1)C(=O)c1ccc(N)cc1C.